The van der Waals surface area contributed by atoms with Gasteiger partial charge in [-0.3, -0.25) is 9.59 Å². The van der Waals surface area contributed by atoms with E-state index in [1.54, 1.807) is 38.1 Å². The van der Waals surface area contributed by atoms with Gasteiger partial charge in [0.15, 0.2) is 0 Å². The van der Waals surface area contributed by atoms with Crippen molar-refractivity contribution in [3.05, 3.63) is 71.3 Å². The molecule has 8 heteroatoms. The van der Waals surface area contributed by atoms with Gasteiger partial charge < -0.3 is 21.1 Å². The molecule has 0 aliphatic heterocycles. The smallest absolute Gasteiger partial charge is 0.408 e. The molecule has 0 unspecified atom stereocenters. The summed E-state index contributed by atoms with van der Waals surface area (Å²) >= 11 is 0. The van der Waals surface area contributed by atoms with E-state index in [9.17, 15) is 14.4 Å². The molecule has 0 radical (unpaired) electrons. The summed E-state index contributed by atoms with van der Waals surface area (Å²) in [6.45, 7) is 3.59. The zero-order valence-electron chi connectivity index (χ0n) is 17.5. The summed E-state index contributed by atoms with van der Waals surface area (Å²) in [4.78, 5) is 36.9. The molecule has 0 heterocycles. The number of nitrogens with two attached hydrogens (primary N) is 1. The van der Waals surface area contributed by atoms with Crippen molar-refractivity contribution in [2.75, 3.05) is 0 Å². The van der Waals surface area contributed by atoms with Crippen LogP contribution in [0.25, 0.3) is 0 Å². The lowest BCUT2D eigenvalue weighted by Crippen LogP contribution is -2.55. The zero-order valence-corrected chi connectivity index (χ0v) is 17.5. The molecule has 0 saturated carbocycles. The lowest BCUT2D eigenvalue weighted by molar-refractivity contribution is -0.129. The van der Waals surface area contributed by atoms with Crippen LogP contribution in [0.2, 0.25) is 0 Å². The number of benzene rings is 2. The Morgan fingerprint density at radius 3 is 2.32 bits per heavy atom. The van der Waals surface area contributed by atoms with E-state index in [2.05, 4.69) is 10.6 Å². The maximum absolute atomic E-state index is 12.8. The van der Waals surface area contributed by atoms with Gasteiger partial charge in [0.25, 0.3) is 0 Å². The first-order valence-electron chi connectivity index (χ1n) is 9.86. The highest BCUT2D eigenvalue weighted by molar-refractivity contribution is 5.91. The molecule has 2 rings (SSSR count). The highest BCUT2D eigenvalue weighted by atomic mass is 16.5. The van der Waals surface area contributed by atoms with Gasteiger partial charge in [0.05, 0.1) is 11.6 Å². The standard InChI is InChI=1S/C23H26N4O4/c1-15(2)20(27-23(30)31-14-16-7-4-3-5-8-16)22(29)26-19(21(25)28)12-17-9-6-10-18(11-17)13-24/h3-11,15,19-20H,12,14H2,1-2H3,(H2,25,28)(H,26,29)(H,27,30)/t19-,20+/m0/s1. The van der Waals surface area contributed by atoms with Crippen LogP contribution < -0.4 is 16.4 Å². The number of nitrogens with one attached hydrogen (secondary N) is 2. The Hall–Kier alpha value is -3.86. The maximum atomic E-state index is 12.8. The average Bonchev–Trinajstić information content (AvgIpc) is 2.76. The topological polar surface area (TPSA) is 134 Å². The van der Waals surface area contributed by atoms with Gasteiger partial charge in [0.2, 0.25) is 11.8 Å². The summed E-state index contributed by atoms with van der Waals surface area (Å²) in [5.74, 6) is -1.53. The van der Waals surface area contributed by atoms with Gasteiger partial charge in [-0.05, 0) is 29.2 Å². The molecule has 8 nitrogen and oxygen atoms in total. The van der Waals surface area contributed by atoms with E-state index in [0.29, 0.717) is 11.1 Å². The number of nitrogens with zero attached hydrogens (tertiary/aromatic N) is 1. The first-order valence-corrected chi connectivity index (χ1v) is 9.86. The maximum Gasteiger partial charge on any atom is 0.408 e. The lowest BCUT2D eigenvalue weighted by Gasteiger charge is -2.24. The van der Waals surface area contributed by atoms with Crippen LogP contribution in [0.3, 0.4) is 0 Å². The number of hydrogen-bond acceptors (Lipinski definition) is 5. The minimum Gasteiger partial charge on any atom is -0.445 e. The van der Waals surface area contributed by atoms with Gasteiger partial charge in [-0.2, -0.15) is 5.26 Å². The molecule has 0 aliphatic rings. The molecule has 3 amide bonds. The number of hydrogen-bond donors (Lipinski definition) is 3. The predicted molar refractivity (Wildman–Crippen MR) is 114 cm³/mol. The van der Waals surface area contributed by atoms with Crippen LogP contribution in [0.4, 0.5) is 4.79 Å². The number of rotatable bonds is 9. The highest BCUT2D eigenvalue weighted by Gasteiger charge is 2.28. The fourth-order valence-corrected chi connectivity index (χ4v) is 2.91. The summed E-state index contributed by atoms with van der Waals surface area (Å²) in [6.07, 6.45) is -0.616. The first-order chi connectivity index (χ1) is 14.8. The number of carbonyl (C=O) groups is 3. The van der Waals surface area contributed by atoms with Crippen LogP contribution in [0.5, 0.6) is 0 Å². The van der Waals surface area contributed by atoms with E-state index in [-0.39, 0.29) is 18.9 Å². The Kier molecular flexibility index (Phi) is 8.58. The Morgan fingerprint density at radius 1 is 1.03 bits per heavy atom. The second kappa shape index (κ2) is 11.4. The van der Waals surface area contributed by atoms with Crippen molar-refractivity contribution >= 4 is 17.9 Å². The molecule has 0 aromatic heterocycles. The molecule has 0 aliphatic carbocycles. The van der Waals surface area contributed by atoms with Gasteiger partial charge in [0.1, 0.15) is 18.7 Å². The second-order valence-electron chi connectivity index (χ2n) is 7.41. The normalized spacial score (nSPS) is 12.3. The van der Waals surface area contributed by atoms with Crippen LogP contribution in [0.15, 0.2) is 54.6 Å². The first kappa shape index (κ1) is 23.4. The van der Waals surface area contributed by atoms with E-state index in [0.717, 1.165) is 5.56 Å². The minimum absolute atomic E-state index is 0.0677. The SMILES string of the molecule is CC(C)[C@@H](NC(=O)OCc1ccccc1)C(=O)N[C@@H](Cc1cccc(C#N)c1)C(N)=O. The van der Waals surface area contributed by atoms with Crippen molar-refractivity contribution in [2.45, 2.75) is 39.0 Å². The highest BCUT2D eigenvalue weighted by Crippen LogP contribution is 2.09. The molecule has 4 N–H and O–H groups in total. The quantitative estimate of drug-likeness (QED) is 0.568. The Bertz CT molecular complexity index is 954. The fraction of sp³-hybridized carbons (Fsp3) is 0.304. The number of nitriles is 1. The molecule has 2 aromatic carbocycles. The third-order valence-corrected chi connectivity index (χ3v) is 4.59. The van der Waals surface area contributed by atoms with E-state index >= 15 is 0 Å². The van der Waals surface area contributed by atoms with Crippen LogP contribution in [-0.2, 0) is 27.4 Å². The monoisotopic (exact) mass is 422 g/mol. The van der Waals surface area contributed by atoms with Crippen molar-refractivity contribution in [3.8, 4) is 6.07 Å². The van der Waals surface area contributed by atoms with Crippen molar-refractivity contribution in [1.82, 2.24) is 10.6 Å². The van der Waals surface area contributed by atoms with Crippen molar-refractivity contribution < 1.29 is 19.1 Å². The van der Waals surface area contributed by atoms with E-state index in [4.69, 9.17) is 15.7 Å². The third-order valence-electron chi connectivity index (χ3n) is 4.59. The molecule has 0 fully saturated rings. The molecule has 162 valence electrons. The number of amides is 3. The molecule has 2 aromatic rings. The van der Waals surface area contributed by atoms with Crippen LogP contribution in [0, 0.1) is 17.2 Å². The van der Waals surface area contributed by atoms with Gasteiger partial charge in [-0.1, -0.05) is 56.3 Å². The van der Waals surface area contributed by atoms with E-state index < -0.39 is 30.0 Å². The van der Waals surface area contributed by atoms with E-state index in [1.807, 2.05) is 36.4 Å². The van der Waals surface area contributed by atoms with Crippen LogP contribution in [-0.4, -0.2) is 30.0 Å². The third kappa shape index (κ3) is 7.48. The van der Waals surface area contributed by atoms with Gasteiger partial charge in [0, 0.05) is 6.42 Å². The fourth-order valence-electron chi connectivity index (χ4n) is 2.91. The lowest BCUT2D eigenvalue weighted by atomic mass is 10.0. The van der Waals surface area contributed by atoms with Crippen molar-refractivity contribution in [2.24, 2.45) is 11.7 Å². The van der Waals surface area contributed by atoms with Gasteiger partial charge in [-0.15, -0.1) is 0 Å². The number of carbonyl (C=O) groups excluding carboxylic acids is 3. The second-order valence-corrected chi connectivity index (χ2v) is 7.41. The van der Waals surface area contributed by atoms with Gasteiger partial charge >= 0.3 is 6.09 Å². The minimum atomic E-state index is -0.996. The average molecular weight is 422 g/mol. The summed E-state index contributed by atoms with van der Waals surface area (Å²) in [6, 6.07) is 16.0. The van der Waals surface area contributed by atoms with E-state index in [1.165, 1.54) is 0 Å². The van der Waals surface area contributed by atoms with Crippen molar-refractivity contribution in [3.63, 3.8) is 0 Å². The Morgan fingerprint density at radius 2 is 1.71 bits per heavy atom. The van der Waals surface area contributed by atoms with Crippen LogP contribution in [0.1, 0.15) is 30.5 Å². The summed E-state index contributed by atoms with van der Waals surface area (Å²) in [5, 5.41) is 14.2. The Labute approximate surface area is 181 Å². The molecule has 31 heavy (non-hydrogen) atoms. The predicted octanol–water partition coefficient (Wildman–Crippen LogP) is 2.02. The molecule has 0 saturated heterocycles. The number of alkyl carbamates (subject to hydrolysis) is 1. The van der Waals surface area contributed by atoms with Crippen LogP contribution >= 0.6 is 0 Å². The molecule has 2 atom stereocenters. The molecule has 0 bridgehead atoms. The van der Waals surface area contributed by atoms with Gasteiger partial charge in [-0.25, -0.2) is 4.79 Å². The number of ether oxygens (including phenoxy) is 1. The number of primary amides is 1. The molecular weight excluding hydrogens is 396 g/mol. The summed E-state index contributed by atoms with van der Waals surface area (Å²) in [7, 11) is 0. The van der Waals surface area contributed by atoms with Crippen molar-refractivity contribution in [1.29, 1.82) is 5.26 Å². The Balaban J connectivity index is 2.00. The molecule has 0 spiro atoms. The summed E-state index contributed by atoms with van der Waals surface area (Å²) < 4.78 is 5.18. The largest absolute Gasteiger partial charge is 0.445 e. The summed E-state index contributed by atoms with van der Waals surface area (Å²) in [5.41, 5.74) is 7.40. The molecular formula is C23H26N4O4. The zero-order chi connectivity index (χ0) is 22.8.